The van der Waals surface area contributed by atoms with Crippen LogP contribution in [0.3, 0.4) is 0 Å². The Balaban J connectivity index is 2.27. The van der Waals surface area contributed by atoms with Crippen molar-refractivity contribution in [2.24, 2.45) is 5.84 Å². The van der Waals surface area contributed by atoms with Gasteiger partial charge in [-0.2, -0.15) is 0 Å². The van der Waals surface area contributed by atoms with E-state index in [9.17, 15) is 0 Å². The quantitative estimate of drug-likeness (QED) is 0.574. The lowest BCUT2D eigenvalue weighted by Crippen LogP contribution is -2.11. The summed E-state index contributed by atoms with van der Waals surface area (Å²) in [6, 6.07) is 7.45. The molecule has 4 N–H and O–H groups in total. The molecule has 2 rings (SSSR count). The average molecular weight is 338 g/mol. The van der Waals surface area contributed by atoms with Gasteiger partial charge in [0.25, 0.3) is 0 Å². The molecular formula is C13H16BrN5O. The Morgan fingerprint density at radius 3 is 2.60 bits per heavy atom. The Morgan fingerprint density at radius 2 is 2.00 bits per heavy atom. The molecule has 1 heterocycles. The first-order chi connectivity index (χ1) is 9.66. The minimum Gasteiger partial charge on any atom is -0.496 e. The number of methoxy groups -OCH3 is 1. The van der Waals surface area contributed by atoms with Gasteiger partial charge in [-0.05, 0) is 34.1 Å². The molecule has 0 aliphatic carbocycles. The number of nitrogens with zero attached hydrogens (tertiary/aromatic N) is 2. The third kappa shape index (κ3) is 3.37. The number of anilines is 3. The number of aryl methyl sites for hydroxylation is 1. The summed E-state index contributed by atoms with van der Waals surface area (Å²) in [6.07, 6.45) is 0.733. The molecule has 7 heteroatoms. The van der Waals surface area contributed by atoms with Crippen LogP contribution in [0, 0.1) is 0 Å². The first-order valence-corrected chi connectivity index (χ1v) is 6.90. The molecule has 0 bridgehead atoms. The smallest absolute Gasteiger partial charge is 0.145 e. The number of ether oxygens (including phenoxy) is 1. The molecule has 2 aromatic rings. The molecule has 0 aliphatic rings. The summed E-state index contributed by atoms with van der Waals surface area (Å²) in [5.41, 5.74) is 3.43. The van der Waals surface area contributed by atoms with Gasteiger partial charge in [-0.1, -0.05) is 6.92 Å². The molecule has 0 aliphatic heterocycles. The van der Waals surface area contributed by atoms with E-state index in [4.69, 9.17) is 10.6 Å². The van der Waals surface area contributed by atoms with Crippen LogP contribution >= 0.6 is 15.9 Å². The van der Waals surface area contributed by atoms with Crippen molar-refractivity contribution in [1.82, 2.24) is 9.97 Å². The van der Waals surface area contributed by atoms with Crippen LogP contribution in [0.4, 0.5) is 17.3 Å². The van der Waals surface area contributed by atoms with Gasteiger partial charge < -0.3 is 15.5 Å². The fraction of sp³-hybridized carbons (Fsp3) is 0.231. The Labute approximate surface area is 125 Å². The highest BCUT2D eigenvalue weighted by Gasteiger charge is 2.05. The molecule has 0 fully saturated rings. The number of halogens is 1. The first kappa shape index (κ1) is 14.5. The minimum absolute atomic E-state index is 0.576. The van der Waals surface area contributed by atoms with E-state index >= 15 is 0 Å². The summed E-state index contributed by atoms with van der Waals surface area (Å²) in [4.78, 5) is 8.64. The molecule has 1 aromatic carbocycles. The minimum atomic E-state index is 0.576. The molecule has 106 valence electrons. The third-order valence-electron chi connectivity index (χ3n) is 2.66. The number of hydrogen-bond donors (Lipinski definition) is 3. The molecular weight excluding hydrogens is 322 g/mol. The highest BCUT2D eigenvalue weighted by Crippen LogP contribution is 2.29. The van der Waals surface area contributed by atoms with Crippen molar-refractivity contribution >= 4 is 33.3 Å². The Hall–Kier alpha value is -1.86. The van der Waals surface area contributed by atoms with Crippen molar-refractivity contribution in [1.29, 1.82) is 0 Å². The van der Waals surface area contributed by atoms with Crippen molar-refractivity contribution in [2.75, 3.05) is 17.9 Å². The van der Waals surface area contributed by atoms with Gasteiger partial charge in [-0.25, -0.2) is 15.8 Å². The highest BCUT2D eigenvalue weighted by atomic mass is 79.9. The second-order valence-electron chi connectivity index (χ2n) is 4.03. The monoisotopic (exact) mass is 337 g/mol. The fourth-order valence-electron chi connectivity index (χ4n) is 1.69. The SMILES string of the molecule is CCc1nc(NN)cc(Nc2ccc(OC)c(Br)c2)n1. The standard InChI is InChI=1S/C13H16BrN5O/c1-3-11-17-12(7-13(18-11)19-15)16-8-4-5-10(20-2)9(14)6-8/h4-7H,3,15H2,1-2H3,(H2,16,17,18,19). The van der Waals surface area contributed by atoms with Crippen LogP contribution in [0.25, 0.3) is 0 Å². The predicted molar refractivity (Wildman–Crippen MR) is 83.2 cm³/mol. The summed E-state index contributed by atoms with van der Waals surface area (Å²) >= 11 is 3.45. The van der Waals surface area contributed by atoms with E-state index in [1.54, 1.807) is 13.2 Å². The van der Waals surface area contributed by atoms with E-state index < -0.39 is 0 Å². The molecule has 20 heavy (non-hydrogen) atoms. The van der Waals surface area contributed by atoms with Crippen LogP contribution < -0.4 is 21.3 Å². The zero-order chi connectivity index (χ0) is 14.5. The number of hydrogen-bond acceptors (Lipinski definition) is 6. The van der Waals surface area contributed by atoms with E-state index in [1.807, 2.05) is 25.1 Å². The second kappa shape index (κ2) is 6.53. The lowest BCUT2D eigenvalue weighted by atomic mass is 10.3. The number of nitrogens with one attached hydrogen (secondary N) is 2. The third-order valence-corrected chi connectivity index (χ3v) is 3.28. The summed E-state index contributed by atoms with van der Waals surface area (Å²) in [6.45, 7) is 1.99. The van der Waals surface area contributed by atoms with Gasteiger partial charge >= 0.3 is 0 Å². The number of nitrogens with two attached hydrogens (primary N) is 1. The van der Waals surface area contributed by atoms with Gasteiger partial charge in [0.05, 0.1) is 11.6 Å². The summed E-state index contributed by atoms with van der Waals surface area (Å²) in [7, 11) is 1.63. The molecule has 6 nitrogen and oxygen atoms in total. The Bertz CT molecular complexity index is 583. The largest absolute Gasteiger partial charge is 0.496 e. The van der Waals surface area contributed by atoms with Crippen LogP contribution in [-0.2, 0) is 6.42 Å². The fourth-order valence-corrected chi connectivity index (χ4v) is 2.23. The van der Waals surface area contributed by atoms with E-state index in [0.29, 0.717) is 11.6 Å². The topological polar surface area (TPSA) is 85.1 Å². The highest BCUT2D eigenvalue weighted by molar-refractivity contribution is 9.10. The molecule has 0 saturated heterocycles. The lowest BCUT2D eigenvalue weighted by molar-refractivity contribution is 0.412. The zero-order valence-electron chi connectivity index (χ0n) is 11.3. The molecule has 0 amide bonds. The Kier molecular flexibility index (Phi) is 4.75. The van der Waals surface area contributed by atoms with Gasteiger partial charge in [-0.3, -0.25) is 0 Å². The van der Waals surface area contributed by atoms with Crippen LogP contribution in [0.2, 0.25) is 0 Å². The van der Waals surface area contributed by atoms with E-state index in [-0.39, 0.29) is 0 Å². The van der Waals surface area contributed by atoms with E-state index in [0.717, 1.165) is 28.2 Å². The van der Waals surface area contributed by atoms with Crippen molar-refractivity contribution < 1.29 is 4.74 Å². The van der Waals surface area contributed by atoms with Crippen LogP contribution in [-0.4, -0.2) is 17.1 Å². The van der Waals surface area contributed by atoms with Crippen molar-refractivity contribution in [3.8, 4) is 5.75 Å². The molecule has 0 radical (unpaired) electrons. The normalized spacial score (nSPS) is 10.2. The first-order valence-electron chi connectivity index (χ1n) is 6.11. The maximum Gasteiger partial charge on any atom is 0.145 e. The average Bonchev–Trinajstić information content (AvgIpc) is 2.47. The molecule has 0 saturated carbocycles. The van der Waals surface area contributed by atoms with E-state index in [2.05, 4.69) is 36.6 Å². The van der Waals surface area contributed by atoms with E-state index in [1.165, 1.54) is 0 Å². The number of benzene rings is 1. The van der Waals surface area contributed by atoms with Crippen molar-refractivity contribution in [3.05, 3.63) is 34.6 Å². The van der Waals surface area contributed by atoms with Crippen molar-refractivity contribution in [3.63, 3.8) is 0 Å². The molecule has 0 atom stereocenters. The lowest BCUT2D eigenvalue weighted by Gasteiger charge is -2.10. The van der Waals surface area contributed by atoms with Gasteiger partial charge in [0.2, 0.25) is 0 Å². The zero-order valence-corrected chi connectivity index (χ0v) is 12.9. The summed E-state index contributed by atoms with van der Waals surface area (Å²) in [5.74, 6) is 8.16. The molecule has 0 unspecified atom stereocenters. The number of hydrazine groups is 1. The predicted octanol–water partition coefficient (Wildman–Crippen LogP) is 2.84. The second-order valence-corrected chi connectivity index (χ2v) is 4.88. The maximum absolute atomic E-state index is 5.41. The van der Waals surface area contributed by atoms with Crippen molar-refractivity contribution in [2.45, 2.75) is 13.3 Å². The van der Waals surface area contributed by atoms with Gasteiger partial charge in [-0.15, -0.1) is 0 Å². The van der Waals surface area contributed by atoms with Gasteiger partial charge in [0.1, 0.15) is 23.2 Å². The number of nitrogen functional groups attached to an aromatic ring is 1. The van der Waals surface area contributed by atoms with Crippen LogP contribution in [0.15, 0.2) is 28.7 Å². The Morgan fingerprint density at radius 1 is 1.25 bits per heavy atom. The van der Waals surface area contributed by atoms with Crippen LogP contribution in [0.5, 0.6) is 5.75 Å². The summed E-state index contributed by atoms with van der Waals surface area (Å²) < 4.78 is 6.06. The number of aromatic nitrogens is 2. The van der Waals surface area contributed by atoms with Crippen LogP contribution in [0.1, 0.15) is 12.7 Å². The summed E-state index contributed by atoms with van der Waals surface area (Å²) in [5, 5.41) is 3.21. The number of rotatable bonds is 5. The maximum atomic E-state index is 5.41. The molecule has 0 spiro atoms. The van der Waals surface area contributed by atoms with Gasteiger partial charge in [0, 0.05) is 18.2 Å². The van der Waals surface area contributed by atoms with Gasteiger partial charge in [0.15, 0.2) is 0 Å². The molecule has 1 aromatic heterocycles.